The SMILES string of the molecule is CC.NC(=S)c1ccc(C(F)(F)F)cc1. The van der Waals surface area contributed by atoms with Gasteiger partial charge in [-0.15, -0.1) is 0 Å². The lowest BCUT2D eigenvalue weighted by atomic mass is 10.1. The van der Waals surface area contributed by atoms with E-state index in [0.717, 1.165) is 12.1 Å². The molecule has 0 bridgehead atoms. The van der Waals surface area contributed by atoms with E-state index in [-0.39, 0.29) is 4.99 Å². The summed E-state index contributed by atoms with van der Waals surface area (Å²) in [6.07, 6.45) is -4.31. The zero-order valence-electron chi connectivity index (χ0n) is 8.43. The molecule has 0 aliphatic carbocycles. The molecular formula is C10H12F3NS. The monoisotopic (exact) mass is 235 g/mol. The third-order valence-corrected chi connectivity index (χ3v) is 1.73. The fourth-order valence-corrected chi connectivity index (χ4v) is 0.960. The predicted octanol–water partition coefficient (Wildman–Crippen LogP) is 3.37. The van der Waals surface area contributed by atoms with Gasteiger partial charge in [0.2, 0.25) is 0 Å². The molecule has 0 atom stereocenters. The minimum absolute atomic E-state index is 0.0914. The van der Waals surface area contributed by atoms with Gasteiger partial charge in [0.25, 0.3) is 0 Å². The molecule has 0 heterocycles. The molecule has 0 aromatic heterocycles. The molecule has 0 fully saturated rings. The van der Waals surface area contributed by atoms with Crippen molar-refractivity contribution in [3.05, 3.63) is 35.4 Å². The lowest BCUT2D eigenvalue weighted by molar-refractivity contribution is -0.137. The molecule has 5 heteroatoms. The largest absolute Gasteiger partial charge is 0.416 e. The highest BCUT2D eigenvalue weighted by molar-refractivity contribution is 7.80. The molecular weight excluding hydrogens is 223 g/mol. The number of alkyl halides is 3. The Hall–Kier alpha value is -1.10. The molecule has 15 heavy (non-hydrogen) atoms. The van der Waals surface area contributed by atoms with Crippen molar-refractivity contribution in [2.45, 2.75) is 20.0 Å². The first-order valence-electron chi connectivity index (χ1n) is 4.38. The smallest absolute Gasteiger partial charge is 0.389 e. The van der Waals surface area contributed by atoms with E-state index in [1.807, 2.05) is 13.8 Å². The molecule has 0 unspecified atom stereocenters. The van der Waals surface area contributed by atoms with E-state index in [9.17, 15) is 13.2 Å². The molecule has 0 saturated carbocycles. The average Bonchev–Trinajstić information content (AvgIpc) is 2.20. The number of halogens is 3. The molecule has 0 aliphatic heterocycles. The summed E-state index contributed by atoms with van der Waals surface area (Å²) in [6, 6.07) is 4.42. The fraction of sp³-hybridized carbons (Fsp3) is 0.300. The van der Waals surface area contributed by atoms with Crippen molar-refractivity contribution in [2.75, 3.05) is 0 Å². The van der Waals surface area contributed by atoms with Crippen molar-refractivity contribution in [1.82, 2.24) is 0 Å². The van der Waals surface area contributed by atoms with Crippen LogP contribution >= 0.6 is 12.2 Å². The molecule has 1 aromatic carbocycles. The van der Waals surface area contributed by atoms with Gasteiger partial charge in [0, 0.05) is 5.56 Å². The maximum Gasteiger partial charge on any atom is 0.416 e. The summed E-state index contributed by atoms with van der Waals surface area (Å²) in [7, 11) is 0. The van der Waals surface area contributed by atoms with E-state index in [0.29, 0.717) is 5.56 Å². The zero-order valence-corrected chi connectivity index (χ0v) is 9.25. The summed E-state index contributed by atoms with van der Waals surface area (Å²) in [5.41, 5.74) is 4.96. The number of nitrogens with two attached hydrogens (primary N) is 1. The minimum Gasteiger partial charge on any atom is -0.389 e. The fourth-order valence-electron chi connectivity index (χ4n) is 0.823. The number of hydrogen-bond donors (Lipinski definition) is 1. The number of thiocarbonyl (C=S) groups is 1. The molecule has 0 aliphatic rings. The van der Waals surface area contributed by atoms with Gasteiger partial charge < -0.3 is 5.73 Å². The van der Waals surface area contributed by atoms with Crippen molar-refractivity contribution >= 4 is 17.2 Å². The predicted molar refractivity (Wildman–Crippen MR) is 58.7 cm³/mol. The standard InChI is InChI=1S/C8H6F3NS.C2H6/c9-8(10,11)6-3-1-5(2-4-6)7(12)13;1-2/h1-4H,(H2,12,13);1-2H3. The van der Waals surface area contributed by atoms with Crippen molar-refractivity contribution in [3.63, 3.8) is 0 Å². The Kier molecular flexibility index (Phi) is 5.28. The highest BCUT2D eigenvalue weighted by atomic mass is 32.1. The first-order valence-corrected chi connectivity index (χ1v) is 4.79. The molecule has 0 amide bonds. The Balaban J connectivity index is 0.000000921. The van der Waals surface area contributed by atoms with Gasteiger partial charge in [-0.2, -0.15) is 13.2 Å². The number of rotatable bonds is 1. The van der Waals surface area contributed by atoms with Gasteiger partial charge in [0.15, 0.2) is 0 Å². The van der Waals surface area contributed by atoms with Gasteiger partial charge in [0.05, 0.1) is 5.56 Å². The summed E-state index contributed by atoms with van der Waals surface area (Å²) in [5.74, 6) is 0. The molecule has 0 saturated heterocycles. The minimum atomic E-state index is -4.31. The van der Waals surface area contributed by atoms with Crippen LogP contribution in [0, 0.1) is 0 Å². The van der Waals surface area contributed by atoms with Gasteiger partial charge in [-0.25, -0.2) is 0 Å². The Morgan fingerprint density at radius 3 is 1.80 bits per heavy atom. The normalized spacial score (nSPS) is 10.2. The molecule has 84 valence electrons. The van der Waals surface area contributed by atoms with Crippen LogP contribution in [0.4, 0.5) is 13.2 Å². The van der Waals surface area contributed by atoms with Crippen LogP contribution in [0.2, 0.25) is 0 Å². The van der Waals surface area contributed by atoms with Crippen LogP contribution in [0.25, 0.3) is 0 Å². The van der Waals surface area contributed by atoms with E-state index < -0.39 is 11.7 Å². The Labute approximate surface area is 92.1 Å². The van der Waals surface area contributed by atoms with Gasteiger partial charge >= 0.3 is 6.18 Å². The van der Waals surface area contributed by atoms with Crippen LogP contribution < -0.4 is 5.73 Å². The molecule has 1 nitrogen and oxygen atoms in total. The lowest BCUT2D eigenvalue weighted by Crippen LogP contribution is -2.10. The van der Waals surface area contributed by atoms with E-state index in [1.54, 1.807) is 0 Å². The van der Waals surface area contributed by atoms with Gasteiger partial charge in [-0.05, 0) is 12.1 Å². The molecule has 2 N–H and O–H groups in total. The molecule has 1 aromatic rings. The summed E-state index contributed by atoms with van der Waals surface area (Å²) in [6.45, 7) is 4.00. The van der Waals surface area contributed by atoms with E-state index in [4.69, 9.17) is 5.73 Å². The average molecular weight is 235 g/mol. The van der Waals surface area contributed by atoms with Crippen LogP contribution in [0.15, 0.2) is 24.3 Å². The molecule has 1 rings (SSSR count). The second-order valence-corrected chi connectivity index (χ2v) is 2.88. The third kappa shape index (κ3) is 4.29. The van der Waals surface area contributed by atoms with E-state index >= 15 is 0 Å². The summed E-state index contributed by atoms with van der Waals surface area (Å²) in [4.78, 5) is 0.0914. The third-order valence-electron chi connectivity index (χ3n) is 1.50. The maximum atomic E-state index is 12.1. The van der Waals surface area contributed by atoms with Gasteiger partial charge in [0.1, 0.15) is 4.99 Å². The lowest BCUT2D eigenvalue weighted by Gasteiger charge is -2.06. The van der Waals surface area contributed by atoms with Crippen LogP contribution in [0.3, 0.4) is 0 Å². The van der Waals surface area contributed by atoms with Crippen molar-refractivity contribution in [2.24, 2.45) is 5.73 Å². The number of hydrogen-bond acceptors (Lipinski definition) is 1. The Morgan fingerprint density at radius 1 is 1.13 bits per heavy atom. The molecule has 0 radical (unpaired) electrons. The number of benzene rings is 1. The van der Waals surface area contributed by atoms with Crippen LogP contribution in [-0.4, -0.2) is 4.99 Å². The van der Waals surface area contributed by atoms with Crippen LogP contribution in [-0.2, 0) is 6.18 Å². The van der Waals surface area contributed by atoms with E-state index in [1.165, 1.54) is 12.1 Å². The first kappa shape index (κ1) is 13.9. The van der Waals surface area contributed by atoms with E-state index in [2.05, 4.69) is 12.2 Å². The van der Waals surface area contributed by atoms with Crippen molar-refractivity contribution in [1.29, 1.82) is 0 Å². The summed E-state index contributed by atoms with van der Waals surface area (Å²) in [5, 5.41) is 0. The van der Waals surface area contributed by atoms with Crippen molar-refractivity contribution < 1.29 is 13.2 Å². The van der Waals surface area contributed by atoms with Gasteiger partial charge in [-0.1, -0.05) is 38.2 Å². The molecule has 0 spiro atoms. The maximum absolute atomic E-state index is 12.1. The zero-order chi connectivity index (χ0) is 12.1. The highest BCUT2D eigenvalue weighted by Gasteiger charge is 2.29. The van der Waals surface area contributed by atoms with Crippen LogP contribution in [0.5, 0.6) is 0 Å². The highest BCUT2D eigenvalue weighted by Crippen LogP contribution is 2.28. The van der Waals surface area contributed by atoms with Crippen molar-refractivity contribution in [3.8, 4) is 0 Å². The summed E-state index contributed by atoms with van der Waals surface area (Å²) >= 11 is 4.60. The van der Waals surface area contributed by atoms with Crippen LogP contribution in [0.1, 0.15) is 25.0 Å². The second kappa shape index (κ2) is 5.70. The quantitative estimate of drug-likeness (QED) is 0.755. The Bertz CT molecular complexity index is 316. The summed E-state index contributed by atoms with van der Waals surface area (Å²) < 4.78 is 36.2. The second-order valence-electron chi connectivity index (χ2n) is 2.44. The first-order chi connectivity index (χ1) is 6.91. The van der Waals surface area contributed by atoms with Gasteiger partial charge in [-0.3, -0.25) is 0 Å². The topological polar surface area (TPSA) is 26.0 Å². The Morgan fingerprint density at radius 2 is 1.53 bits per heavy atom.